The summed E-state index contributed by atoms with van der Waals surface area (Å²) < 4.78 is 11.2. The molecule has 2 N–H and O–H groups in total. The van der Waals surface area contributed by atoms with Gasteiger partial charge in [-0.25, -0.2) is 9.97 Å². The van der Waals surface area contributed by atoms with E-state index >= 15 is 0 Å². The van der Waals surface area contributed by atoms with Crippen LogP contribution < -0.4 is 10.6 Å². The highest BCUT2D eigenvalue weighted by Crippen LogP contribution is 2.10. The summed E-state index contributed by atoms with van der Waals surface area (Å²) in [5.41, 5.74) is 0. The Bertz CT molecular complexity index is 383. The summed E-state index contributed by atoms with van der Waals surface area (Å²) in [6, 6.07) is 1.83. The lowest BCUT2D eigenvalue weighted by Gasteiger charge is -2.11. The molecule has 0 bridgehead atoms. The first-order valence-electron chi connectivity index (χ1n) is 5.12. The van der Waals surface area contributed by atoms with Crippen molar-refractivity contribution in [2.75, 3.05) is 30.5 Å². The van der Waals surface area contributed by atoms with Gasteiger partial charge in [-0.1, -0.05) is 0 Å². The Labute approximate surface area is 98.5 Å². The predicted octanol–water partition coefficient (Wildman–Crippen LogP) is 1.01. The number of aromatic nitrogens is 2. The Morgan fingerprint density at radius 2 is 2.06 bits per heavy atom. The van der Waals surface area contributed by atoms with E-state index < -0.39 is 10.8 Å². The van der Waals surface area contributed by atoms with Gasteiger partial charge in [0, 0.05) is 42.0 Å². The van der Waals surface area contributed by atoms with Gasteiger partial charge in [0.25, 0.3) is 0 Å². The number of aryl methyl sites for hydroxylation is 1. The highest BCUT2D eigenvalue weighted by atomic mass is 32.2. The summed E-state index contributed by atoms with van der Waals surface area (Å²) >= 11 is 0. The van der Waals surface area contributed by atoms with Crippen molar-refractivity contribution >= 4 is 22.4 Å². The van der Waals surface area contributed by atoms with Crippen LogP contribution in [0.1, 0.15) is 12.7 Å². The second kappa shape index (κ2) is 5.79. The molecule has 0 aliphatic carbocycles. The fourth-order valence-electron chi connectivity index (χ4n) is 1.15. The summed E-state index contributed by atoms with van der Waals surface area (Å²) in [6.45, 7) is 4.42. The van der Waals surface area contributed by atoms with Crippen molar-refractivity contribution in [3.8, 4) is 0 Å². The normalized spacial score (nSPS) is 14.2. The third-order valence-corrected chi connectivity index (χ3v) is 3.53. The zero-order chi connectivity index (χ0) is 12.1. The monoisotopic (exact) mass is 242 g/mol. The quantitative estimate of drug-likeness (QED) is 0.806. The lowest BCUT2D eigenvalue weighted by Crippen LogP contribution is -2.21. The van der Waals surface area contributed by atoms with Crippen molar-refractivity contribution in [1.29, 1.82) is 0 Å². The van der Waals surface area contributed by atoms with Gasteiger partial charge in [-0.15, -0.1) is 0 Å². The summed E-state index contributed by atoms with van der Waals surface area (Å²) in [7, 11) is 0.997. The van der Waals surface area contributed by atoms with Crippen LogP contribution in [-0.2, 0) is 10.8 Å². The predicted molar refractivity (Wildman–Crippen MR) is 68.3 cm³/mol. The van der Waals surface area contributed by atoms with Crippen molar-refractivity contribution in [2.24, 2.45) is 0 Å². The van der Waals surface area contributed by atoms with Crippen molar-refractivity contribution in [1.82, 2.24) is 9.97 Å². The minimum Gasteiger partial charge on any atom is -0.373 e. The number of hydrogen-bond donors (Lipinski definition) is 2. The van der Waals surface area contributed by atoms with Crippen molar-refractivity contribution in [3.63, 3.8) is 0 Å². The molecule has 0 aliphatic heterocycles. The van der Waals surface area contributed by atoms with E-state index in [4.69, 9.17) is 0 Å². The molecule has 1 aromatic rings. The molecule has 2 unspecified atom stereocenters. The van der Waals surface area contributed by atoms with Gasteiger partial charge in [0.05, 0.1) is 0 Å². The Kier molecular flexibility index (Phi) is 4.67. The smallest absolute Gasteiger partial charge is 0.131 e. The van der Waals surface area contributed by atoms with Crippen LogP contribution in [-0.4, -0.2) is 39.3 Å². The molecule has 0 amide bonds. The number of nitrogens with one attached hydrogen (secondary N) is 2. The first-order valence-corrected chi connectivity index (χ1v) is 6.74. The van der Waals surface area contributed by atoms with Crippen LogP contribution in [0.15, 0.2) is 6.07 Å². The minimum absolute atomic E-state index is 0.105. The molecule has 0 saturated heterocycles. The van der Waals surface area contributed by atoms with Gasteiger partial charge in [-0.2, -0.15) is 0 Å². The lowest BCUT2D eigenvalue weighted by atomic mass is 10.4. The fraction of sp³-hybridized carbons (Fsp3) is 0.600. The molecule has 16 heavy (non-hydrogen) atoms. The lowest BCUT2D eigenvalue weighted by molar-refractivity contribution is 0.678. The molecule has 1 heterocycles. The maximum atomic E-state index is 11.2. The van der Waals surface area contributed by atoms with Crippen LogP contribution in [0.4, 0.5) is 11.6 Å². The third-order valence-electron chi connectivity index (χ3n) is 2.23. The van der Waals surface area contributed by atoms with Crippen LogP contribution in [0.2, 0.25) is 0 Å². The van der Waals surface area contributed by atoms with Gasteiger partial charge >= 0.3 is 0 Å². The van der Waals surface area contributed by atoms with Crippen LogP contribution in [0.25, 0.3) is 0 Å². The Morgan fingerprint density at radius 3 is 2.62 bits per heavy atom. The summed E-state index contributed by atoms with van der Waals surface area (Å²) in [5.74, 6) is 2.24. The molecule has 90 valence electrons. The van der Waals surface area contributed by atoms with Crippen LogP contribution >= 0.6 is 0 Å². The number of rotatable bonds is 5. The molecular weight excluding hydrogens is 224 g/mol. The molecule has 0 spiro atoms. The molecule has 0 aliphatic rings. The molecule has 1 rings (SSSR count). The van der Waals surface area contributed by atoms with Crippen LogP contribution in [0, 0.1) is 6.92 Å². The maximum absolute atomic E-state index is 11.2. The average Bonchev–Trinajstić information content (AvgIpc) is 2.24. The van der Waals surface area contributed by atoms with Crippen LogP contribution in [0.5, 0.6) is 0 Å². The van der Waals surface area contributed by atoms with E-state index in [1.54, 1.807) is 6.26 Å². The van der Waals surface area contributed by atoms with Gasteiger partial charge in [-0.3, -0.25) is 4.21 Å². The Balaban J connectivity index is 2.66. The molecule has 1 aromatic heterocycles. The highest BCUT2D eigenvalue weighted by Gasteiger charge is 2.06. The largest absolute Gasteiger partial charge is 0.373 e. The van der Waals surface area contributed by atoms with E-state index in [2.05, 4.69) is 20.6 Å². The van der Waals surface area contributed by atoms with Gasteiger partial charge in [-0.05, 0) is 13.8 Å². The molecule has 5 nitrogen and oxygen atoms in total. The third kappa shape index (κ3) is 3.77. The first kappa shape index (κ1) is 12.9. The van der Waals surface area contributed by atoms with Gasteiger partial charge in [0.2, 0.25) is 0 Å². The maximum Gasteiger partial charge on any atom is 0.131 e. The Hall–Kier alpha value is -1.17. The minimum atomic E-state index is -0.818. The van der Waals surface area contributed by atoms with E-state index in [1.165, 1.54) is 0 Å². The Morgan fingerprint density at radius 1 is 1.44 bits per heavy atom. The second-order valence-corrected chi connectivity index (χ2v) is 5.43. The van der Waals surface area contributed by atoms with E-state index in [0.29, 0.717) is 12.4 Å². The van der Waals surface area contributed by atoms with E-state index in [-0.39, 0.29) is 5.25 Å². The van der Waals surface area contributed by atoms with Crippen LogP contribution in [0.3, 0.4) is 0 Å². The molecule has 0 fully saturated rings. The van der Waals surface area contributed by atoms with E-state index in [0.717, 1.165) is 11.6 Å². The highest BCUT2D eigenvalue weighted by molar-refractivity contribution is 7.84. The molecule has 0 aromatic carbocycles. The van der Waals surface area contributed by atoms with Crippen molar-refractivity contribution in [3.05, 3.63) is 11.9 Å². The van der Waals surface area contributed by atoms with Crippen molar-refractivity contribution < 1.29 is 4.21 Å². The number of hydrogen-bond acceptors (Lipinski definition) is 5. The standard InChI is InChI=1S/C10H18N4OS/c1-7(16(4)15)6-12-10-5-9(11-3)13-8(2)14-10/h5,7H,6H2,1-4H3,(H2,11,12,13,14). The average molecular weight is 242 g/mol. The topological polar surface area (TPSA) is 66.9 Å². The van der Waals surface area contributed by atoms with E-state index in [9.17, 15) is 4.21 Å². The molecule has 0 saturated carbocycles. The molecule has 2 atom stereocenters. The second-order valence-electron chi connectivity index (χ2n) is 3.63. The fourth-order valence-corrected chi connectivity index (χ4v) is 1.47. The van der Waals surface area contributed by atoms with Crippen molar-refractivity contribution in [2.45, 2.75) is 19.1 Å². The SMILES string of the molecule is CNc1cc(NCC(C)S(C)=O)nc(C)n1. The van der Waals surface area contributed by atoms with Gasteiger partial charge in [0.15, 0.2) is 0 Å². The number of nitrogens with zero attached hydrogens (tertiary/aromatic N) is 2. The zero-order valence-corrected chi connectivity index (χ0v) is 10.9. The summed E-state index contributed by atoms with van der Waals surface area (Å²) in [6.07, 6.45) is 1.70. The van der Waals surface area contributed by atoms with Gasteiger partial charge < -0.3 is 10.6 Å². The zero-order valence-electron chi connectivity index (χ0n) is 10.1. The number of anilines is 2. The summed E-state index contributed by atoms with van der Waals surface area (Å²) in [4.78, 5) is 8.44. The van der Waals surface area contributed by atoms with Gasteiger partial charge in [0.1, 0.15) is 17.5 Å². The van der Waals surface area contributed by atoms with E-state index in [1.807, 2.05) is 27.0 Å². The molecular formula is C10H18N4OS. The molecule has 6 heteroatoms. The first-order chi connectivity index (χ1) is 7.52. The summed E-state index contributed by atoms with van der Waals surface area (Å²) in [5, 5.41) is 6.23. The molecule has 0 radical (unpaired) electrons.